The molecular weight excluding hydrogens is 288 g/mol. The molecule has 0 bridgehead atoms. The average Bonchev–Trinajstić information content (AvgIpc) is 2.85. The Kier molecular flexibility index (Phi) is 4.66. The molecule has 2 atom stereocenters. The maximum absolute atomic E-state index is 12.5. The molecule has 116 valence electrons. The standard InChI is InChI=1S/C15H22N2O3S/c1-11-5-7-16-13(9-11)21(19)12-6-8-17(10-12)14(18)20-15(2,3)4/h5,7,9,12H,6,8,10H2,1-4H3/t12-,21+/m0/s1. The fraction of sp³-hybridized carbons (Fsp3) is 0.600. The summed E-state index contributed by atoms with van der Waals surface area (Å²) in [5.41, 5.74) is 0.530. The number of ether oxygens (including phenoxy) is 1. The SMILES string of the molecule is Cc1ccnc([S@](=O)[C@H]2CCN(C(=O)OC(C)(C)C)C2)c1. The fourth-order valence-electron chi connectivity index (χ4n) is 2.18. The third kappa shape index (κ3) is 4.27. The molecule has 0 aliphatic carbocycles. The van der Waals surface area contributed by atoms with E-state index in [1.54, 1.807) is 11.1 Å². The van der Waals surface area contributed by atoms with E-state index in [4.69, 9.17) is 4.74 Å². The Morgan fingerprint density at radius 3 is 2.81 bits per heavy atom. The van der Waals surface area contributed by atoms with Crippen LogP contribution in [0.4, 0.5) is 4.79 Å². The smallest absolute Gasteiger partial charge is 0.410 e. The summed E-state index contributed by atoms with van der Waals surface area (Å²) in [6, 6.07) is 3.72. The molecule has 6 heteroatoms. The number of nitrogens with zero attached hydrogens (tertiary/aromatic N) is 2. The Balaban J connectivity index is 1.99. The molecule has 5 nitrogen and oxygen atoms in total. The molecule has 1 amide bonds. The molecule has 1 aliphatic rings. The van der Waals surface area contributed by atoms with Crippen molar-refractivity contribution < 1.29 is 13.7 Å². The van der Waals surface area contributed by atoms with E-state index < -0.39 is 16.4 Å². The van der Waals surface area contributed by atoms with Gasteiger partial charge >= 0.3 is 6.09 Å². The van der Waals surface area contributed by atoms with Crippen molar-refractivity contribution in [1.29, 1.82) is 0 Å². The monoisotopic (exact) mass is 310 g/mol. The summed E-state index contributed by atoms with van der Waals surface area (Å²) in [7, 11) is -1.19. The van der Waals surface area contributed by atoms with E-state index in [2.05, 4.69) is 4.98 Å². The number of pyridine rings is 1. The van der Waals surface area contributed by atoms with Crippen molar-refractivity contribution in [3.8, 4) is 0 Å². The molecule has 0 N–H and O–H groups in total. The fourth-order valence-corrected chi connectivity index (χ4v) is 3.63. The van der Waals surface area contributed by atoms with Crippen LogP contribution in [0.5, 0.6) is 0 Å². The third-order valence-corrected chi connectivity index (χ3v) is 4.82. The van der Waals surface area contributed by atoms with Gasteiger partial charge in [-0.25, -0.2) is 9.78 Å². The van der Waals surface area contributed by atoms with E-state index in [1.807, 2.05) is 39.8 Å². The van der Waals surface area contributed by atoms with Crippen molar-refractivity contribution in [2.24, 2.45) is 0 Å². The van der Waals surface area contributed by atoms with Gasteiger partial charge in [0.05, 0.1) is 16.0 Å². The van der Waals surface area contributed by atoms with Gasteiger partial charge in [-0.1, -0.05) is 0 Å². The minimum absolute atomic E-state index is 0.0770. The number of likely N-dealkylation sites (tertiary alicyclic amines) is 1. The van der Waals surface area contributed by atoms with E-state index in [-0.39, 0.29) is 11.3 Å². The van der Waals surface area contributed by atoms with Crippen LogP contribution in [-0.4, -0.2) is 44.1 Å². The van der Waals surface area contributed by atoms with Gasteiger partial charge in [0.2, 0.25) is 0 Å². The van der Waals surface area contributed by atoms with Crippen LogP contribution < -0.4 is 0 Å². The molecule has 0 saturated carbocycles. The Hall–Kier alpha value is -1.43. The first-order valence-corrected chi connectivity index (χ1v) is 8.29. The first kappa shape index (κ1) is 15.9. The average molecular weight is 310 g/mol. The number of carbonyl (C=O) groups is 1. The summed E-state index contributed by atoms with van der Waals surface area (Å²) in [6.07, 6.45) is 2.05. The summed E-state index contributed by atoms with van der Waals surface area (Å²) in [4.78, 5) is 17.8. The Bertz CT molecular complexity index is 554. The zero-order chi connectivity index (χ0) is 15.6. The van der Waals surface area contributed by atoms with Gasteiger partial charge in [0.1, 0.15) is 10.6 Å². The molecule has 0 spiro atoms. The lowest BCUT2D eigenvalue weighted by molar-refractivity contribution is 0.0295. The van der Waals surface area contributed by atoms with Crippen LogP contribution in [0.1, 0.15) is 32.8 Å². The Morgan fingerprint density at radius 2 is 2.19 bits per heavy atom. The lowest BCUT2D eigenvalue weighted by Gasteiger charge is -2.24. The maximum Gasteiger partial charge on any atom is 0.410 e. The highest BCUT2D eigenvalue weighted by Crippen LogP contribution is 2.21. The van der Waals surface area contributed by atoms with Crippen molar-refractivity contribution in [3.63, 3.8) is 0 Å². The molecule has 1 fully saturated rings. The lowest BCUT2D eigenvalue weighted by atomic mass is 10.2. The molecule has 1 aromatic rings. The van der Waals surface area contributed by atoms with E-state index in [0.717, 1.165) is 5.56 Å². The first-order valence-electron chi connectivity index (χ1n) is 7.07. The van der Waals surface area contributed by atoms with Gasteiger partial charge in [0.25, 0.3) is 0 Å². The van der Waals surface area contributed by atoms with Gasteiger partial charge in [0.15, 0.2) is 0 Å². The first-order chi connectivity index (χ1) is 9.76. The highest BCUT2D eigenvalue weighted by Gasteiger charge is 2.33. The van der Waals surface area contributed by atoms with Crippen molar-refractivity contribution >= 4 is 16.9 Å². The van der Waals surface area contributed by atoms with Crippen LogP contribution in [0, 0.1) is 6.92 Å². The highest BCUT2D eigenvalue weighted by molar-refractivity contribution is 7.85. The van der Waals surface area contributed by atoms with E-state index in [0.29, 0.717) is 24.5 Å². The minimum Gasteiger partial charge on any atom is -0.444 e. The predicted molar refractivity (Wildman–Crippen MR) is 81.6 cm³/mol. The number of aryl methyl sites for hydroxylation is 1. The van der Waals surface area contributed by atoms with Crippen molar-refractivity contribution in [2.45, 2.75) is 50.0 Å². The lowest BCUT2D eigenvalue weighted by Crippen LogP contribution is -2.36. The topological polar surface area (TPSA) is 59.5 Å². The Labute approximate surface area is 128 Å². The van der Waals surface area contributed by atoms with Crippen molar-refractivity contribution in [2.75, 3.05) is 13.1 Å². The van der Waals surface area contributed by atoms with Gasteiger partial charge in [-0.15, -0.1) is 0 Å². The summed E-state index contributed by atoms with van der Waals surface area (Å²) in [5.74, 6) is 0. The van der Waals surface area contributed by atoms with E-state index in [9.17, 15) is 9.00 Å². The quantitative estimate of drug-likeness (QED) is 0.842. The molecule has 2 rings (SSSR count). The predicted octanol–water partition coefficient (Wildman–Crippen LogP) is 2.51. The van der Waals surface area contributed by atoms with Crippen LogP contribution in [0.2, 0.25) is 0 Å². The summed E-state index contributed by atoms with van der Waals surface area (Å²) < 4.78 is 17.9. The molecule has 0 aromatic carbocycles. The second-order valence-electron chi connectivity index (χ2n) is 6.31. The number of hydrogen-bond donors (Lipinski definition) is 0. The number of hydrogen-bond acceptors (Lipinski definition) is 4. The van der Waals surface area contributed by atoms with E-state index in [1.165, 1.54) is 0 Å². The van der Waals surface area contributed by atoms with Crippen LogP contribution >= 0.6 is 0 Å². The number of carbonyl (C=O) groups excluding carboxylic acids is 1. The largest absolute Gasteiger partial charge is 0.444 e. The second-order valence-corrected chi connectivity index (χ2v) is 7.99. The van der Waals surface area contributed by atoms with Crippen LogP contribution in [0.3, 0.4) is 0 Å². The van der Waals surface area contributed by atoms with Crippen molar-refractivity contribution in [3.05, 3.63) is 23.9 Å². The molecule has 1 saturated heterocycles. The number of aromatic nitrogens is 1. The third-order valence-electron chi connectivity index (χ3n) is 3.20. The van der Waals surface area contributed by atoms with Crippen LogP contribution in [0.15, 0.2) is 23.4 Å². The molecule has 1 aromatic heterocycles. The van der Waals surface area contributed by atoms with Gasteiger partial charge in [-0.3, -0.25) is 4.21 Å². The van der Waals surface area contributed by atoms with Crippen LogP contribution in [-0.2, 0) is 15.5 Å². The van der Waals surface area contributed by atoms with Gasteiger partial charge in [-0.2, -0.15) is 0 Å². The van der Waals surface area contributed by atoms with Gasteiger partial charge in [0, 0.05) is 19.3 Å². The molecule has 0 unspecified atom stereocenters. The van der Waals surface area contributed by atoms with Gasteiger partial charge in [-0.05, 0) is 51.8 Å². The molecular formula is C15H22N2O3S. The zero-order valence-corrected chi connectivity index (χ0v) is 13.8. The zero-order valence-electron chi connectivity index (χ0n) is 13.0. The van der Waals surface area contributed by atoms with Crippen LogP contribution in [0.25, 0.3) is 0 Å². The van der Waals surface area contributed by atoms with Crippen molar-refractivity contribution in [1.82, 2.24) is 9.88 Å². The summed E-state index contributed by atoms with van der Waals surface area (Å²) >= 11 is 0. The minimum atomic E-state index is -1.19. The number of rotatable bonds is 2. The maximum atomic E-state index is 12.5. The molecule has 21 heavy (non-hydrogen) atoms. The second kappa shape index (κ2) is 6.13. The molecule has 2 heterocycles. The molecule has 0 radical (unpaired) electrons. The van der Waals surface area contributed by atoms with Gasteiger partial charge < -0.3 is 9.64 Å². The number of amides is 1. The molecule has 1 aliphatic heterocycles. The summed E-state index contributed by atoms with van der Waals surface area (Å²) in [6.45, 7) is 8.51. The Morgan fingerprint density at radius 1 is 1.48 bits per heavy atom. The normalized spacial score (nSPS) is 20.4. The van der Waals surface area contributed by atoms with E-state index >= 15 is 0 Å². The summed E-state index contributed by atoms with van der Waals surface area (Å²) in [5, 5.41) is 0.512. The highest BCUT2D eigenvalue weighted by atomic mass is 32.2.